The van der Waals surface area contributed by atoms with Crippen LogP contribution in [-0.2, 0) is 6.54 Å². The molecule has 1 aromatic heterocycles. The number of guanidine groups is 1. The maximum atomic E-state index is 4.68. The van der Waals surface area contributed by atoms with Gasteiger partial charge in [0, 0.05) is 76.4 Å². The van der Waals surface area contributed by atoms with E-state index in [0.717, 1.165) is 57.5 Å². The Morgan fingerprint density at radius 1 is 1.06 bits per heavy atom. The van der Waals surface area contributed by atoms with Gasteiger partial charge in [-0.1, -0.05) is 23.8 Å². The first-order chi connectivity index (χ1) is 15.1. The molecule has 3 heterocycles. The molecule has 2 aromatic rings. The van der Waals surface area contributed by atoms with Crippen molar-refractivity contribution in [2.45, 2.75) is 25.9 Å². The van der Waals surface area contributed by atoms with Crippen LogP contribution in [0.1, 0.15) is 17.5 Å². The van der Waals surface area contributed by atoms with Gasteiger partial charge in [0.25, 0.3) is 0 Å². The van der Waals surface area contributed by atoms with E-state index in [9.17, 15) is 0 Å². The Hall–Kier alpha value is -2.07. The van der Waals surface area contributed by atoms with Crippen LogP contribution < -0.4 is 20.4 Å². The normalized spacial score (nSPS) is 19.6. The lowest BCUT2D eigenvalue weighted by atomic mass is 10.2. The van der Waals surface area contributed by atoms with E-state index in [2.05, 4.69) is 79.6 Å². The molecule has 0 aliphatic carbocycles. The minimum absolute atomic E-state index is 0. The second-order valence-electron chi connectivity index (χ2n) is 8.61. The average Bonchev–Trinajstić information content (AvgIpc) is 3.26. The fourth-order valence-corrected chi connectivity index (χ4v) is 4.31. The van der Waals surface area contributed by atoms with Crippen molar-refractivity contribution in [1.82, 2.24) is 20.5 Å². The van der Waals surface area contributed by atoms with E-state index >= 15 is 0 Å². The maximum Gasteiger partial charge on any atom is 0.191 e. The molecule has 0 saturated carbocycles. The second kappa shape index (κ2) is 11.7. The molecule has 0 amide bonds. The van der Waals surface area contributed by atoms with Gasteiger partial charge in [-0.3, -0.25) is 4.99 Å². The highest BCUT2D eigenvalue weighted by atomic mass is 127. The molecule has 8 heteroatoms. The first kappa shape index (κ1) is 24.6. The lowest BCUT2D eigenvalue weighted by Crippen LogP contribution is -2.46. The van der Waals surface area contributed by atoms with Crippen molar-refractivity contribution in [3.8, 4) is 0 Å². The molecule has 174 valence electrons. The minimum atomic E-state index is 0. The van der Waals surface area contributed by atoms with Gasteiger partial charge in [0.05, 0.1) is 0 Å². The van der Waals surface area contributed by atoms with Gasteiger partial charge < -0.3 is 25.3 Å². The van der Waals surface area contributed by atoms with E-state index in [1.165, 1.54) is 16.8 Å². The van der Waals surface area contributed by atoms with Crippen molar-refractivity contribution in [1.29, 1.82) is 0 Å². The third-order valence-corrected chi connectivity index (χ3v) is 6.27. The number of nitrogens with one attached hydrogen (secondary N) is 2. The van der Waals surface area contributed by atoms with Crippen LogP contribution in [0.25, 0.3) is 0 Å². The van der Waals surface area contributed by atoms with Crippen molar-refractivity contribution in [3.63, 3.8) is 0 Å². The molecule has 2 N–H and O–H groups in total. The molecule has 2 fully saturated rings. The summed E-state index contributed by atoms with van der Waals surface area (Å²) in [7, 11) is 4.02. The lowest BCUT2D eigenvalue weighted by Gasteiger charge is -2.34. The van der Waals surface area contributed by atoms with Crippen molar-refractivity contribution in [2.75, 3.05) is 63.2 Å². The Labute approximate surface area is 209 Å². The molecule has 7 nitrogen and oxygen atoms in total. The van der Waals surface area contributed by atoms with Gasteiger partial charge in [0.15, 0.2) is 5.96 Å². The Morgan fingerprint density at radius 2 is 1.81 bits per heavy atom. The highest BCUT2D eigenvalue weighted by Gasteiger charge is 2.24. The number of hydrogen-bond acceptors (Lipinski definition) is 5. The SMILES string of the molecule is CN=C(NCc1cccnc1N1CCN(C)CC1)NC1CCN(c2ccc(C)cc2)C1.I. The van der Waals surface area contributed by atoms with Gasteiger partial charge in [-0.15, -0.1) is 24.0 Å². The molecule has 0 spiro atoms. The number of aliphatic imine (C=N–C) groups is 1. The third kappa shape index (κ3) is 6.25. The van der Waals surface area contributed by atoms with Crippen molar-refractivity contribution < 1.29 is 0 Å². The molecule has 1 unspecified atom stereocenters. The molecule has 32 heavy (non-hydrogen) atoms. The summed E-state index contributed by atoms with van der Waals surface area (Å²) < 4.78 is 0. The molecule has 0 radical (unpaired) electrons. The van der Waals surface area contributed by atoms with E-state index in [4.69, 9.17) is 0 Å². The number of rotatable bonds is 5. The highest BCUT2D eigenvalue weighted by molar-refractivity contribution is 14.0. The van der Waals surface area contributed by atoms with Gasteiger partial charge in [-0.05, 0) is 38.6 Å². The summed E-state index contributed by atoms with van der Waals surface area (Å²) in [5.74, 6) is 1.94. The summed E-state index contributed by atoms with van der Waals surface area (Å²) >= 11 is 0. The summed E-state index contributed by atoms with van der Waals surface area (Å²) in [6, 6.07) is 13.4. The molecule has 2 saturated heterocycles. The van der Waals surface area contributed by atoms with Gasteiger partial charge in [-0.25, -0.2) is 4.98 Å². The number of halogens is 1. The predicted octanol–water partition coefficient (Wildman–Crippen LogP) is 2.70. The summed E-state index contributed by atoms with van der Waals surface area (Å²) in [6.07, 6.45) is 3.00. The third-order valence-electron chi connectivity index (χ3n) is 6.27. The summed E-state index contributed by atoms with van der Waals surface area (Å²) in [6.45, 7) is 9.08. The van der Waals surface area contributed by atoms with Gasteiger partial charge >= 0.3 is 0 Å². The van der Waals surface area contributed by atoms with Gasteiger partial charge in [0.2, 0.25) is 0 Å². The van der Waals surface area contributed by atoms with Crippen molar-refractivity contribution >= 4 is 41.4 Å². The van der Waals surface area contributed by atoms with Crippen LogP contribution in [0.3, 0.4) is 0 Å². The number of hydrogen-bond donors (Lipinski definition) is 2. The van der Waals surface area contributed by atoms with Crippen LogP contribution in [0.2, 0.25) is 0 Å². The largest absolute Gasteiger partial charge is 0.369 e. The first-order valence-corrected chi connectivity index (χ1v) is 11.3. The van der Waals surface area contributed by atoms with Gasteiger partial charge in [0.1, 0.15) is 5.82 Å². The smallest absolute Gasteiger partial charge is 0.191 e. The standard InChI is InChI=1S/C24H35N7.HI/c1-19-6-8-22(9-7-19)31-12-10-21(18-31)28-24(25-2)27-17-20-5-4-11-26-23(20)30-15-13-29(3)14-16-30;/h4-9,11,21H,10,12-18H2,1-3H3,(H2,25,27,28);1H. The zero-order chi connectivity index (χ0) is 21.6. The molecule has 2 aliphatic rings. The average molecular weight is 550 g/mol. The molecule has 4 rings (SSSR count). The minimum Gasteiger partial charge on any atom is -0.369 e. The van der Waals surface area contributed by atoms with E-state index < -0.39 is 0 Å². The van der Waals surface area contributed by atoms with Crippen molar-refractivity contribution in [2.24, 2.45) is 4.99 Å². The van der Waals surface area contributed by atoms with Crippen LogP contribution in [0, 0.1) is 6.92 Å². The number of nitrogens with zero attached hydrogens (tertiary/aromatic N) is 5. The summed E-state index contributed by atoms with van der Waals surface area (Å²) in [5, 5.41) is 7.11. The quantitative estimate of drug-likeness (QED) is 0.340. The summed E-state index contributed by atoms with van der Waals surface area (Å²) in [4.78, 5) is 16.3. The number of anilines is 2. The number of piperazine rings is 1. The molecule has 1 atom stereocenters. The lowest BCUT2D eigenvalue weighted by molar-refractivity contribution is 0.312. The van der Waals surface area contributed by atoms with Crippen LogP contribution >= 0.6 is 24.0 Å². The number of benzene rings is 1. The van der Waals surface area contributed by atoms with E-state index in [-0.39, 0.29) is 24.0 Å². The van der Waals surface area contributed by atoms with Gasteiger partial charge in [-0.2, -0.15) is 0 Å². The predicted molar refractivity (Wildman–Crippen MR) is 144 cm³/mol. The van der Waals surface area contributed by atoms with E-state index in [0.29, 0.717) is 12.6 Å². The zero-order valence-electron chi connectivity index (χ0n) is 19.4. The molecular formula is C24H36IN7. The first-order valence-electron chi connectivity index (χ1n) is 11.3. The molecule has 0 bridgehead atoms. The maximum absolute atomic E-state index is 4.68. The molecule has 1 aromatic carbocycles. The van der Waals surface area contributed by atoms with Crippen LogP contribution in [-0.4, -0.2) is 75.2 Å². The Bertz CT molecular complexity index is 878. The number of likely N-dealkylation sites (N-methyl/N-ethyl adjacent to an activating group) is 1. The number of aromatic nitrogens is 1. The summed E-state index contributed by atoms with van der Waals surface area (Å²) in [5.41, 5.74) is 3.81. The highest BCUT2D eigenvalue weighted by Crippen LogP contribution is 2.21. The van der Waals surface area contributed by atoms with Crippen LogP contribution in [0.4, 0.5) is 11.5 Å². The fourth-order valence-electron chi connectivity index (χ4n) is 4.31. The monoisotopic (exact) mass is 549 g/mol. The fraction of sp³-hybridized carbons (Fsp3) is 0.500. The number of aryl methyl sites for hydroxylation is 1. The van der Waals surface area contributed by atoms with Crippen LogP contribution in [0.15, 0.2) is 47.6 Å². The Kier molecular flexibility index (Phi) is 8.98. The van der Waals surface area contributed by atoms with Crippen LogP contribution in [0.5, 0.6) is 0 Å². The Balaban J connectivity index is 0.00000289. The topological polar surface area (TPSA) is 59.0 Å². The molecular weight excluding hydrogens is 513 g/mol. The van der Waals surface area contributed by atoms with E-state index in [1.54, 1.807) is 0 Å². The Morgan fingerprint density at radius 3 is 2.53 bits per heavy atom. The van der Waals surface area contributed by atoms with Crippen molar-refractivity contribution in [3.05, 3.63) is 53.7 Å². The van der Waals surface area contributed by atoms with E-state index in [1.807, 2.05) is 19.3 Å². The zero-order valence-corrected chi connectivity index (χ0v) is 21.8. The second-order valence-corrected chi connectivity index (χ2v) is 8.61. The molecule has 2 aliphatic heterocycles. The number of pyridine rings is 1.